The topological polar surface area (TPSA) is 83.8 Å². The zero-order chi connectivity index (χ0) is 21.5. The number of hydrogen-bond acceptors (Lipinski definition) is 4. The summed E-state index contributed by atoms with van der Waals surface area (Å²) in [6.45, 7) is 5.25. The highest BCUT2D eigenvalue weighted by Gasteiger charge is 2.32. The van der Waals surface area contributed by atoms with E-state index in [0.717, 1.165) is 19.3 Å². The Morgan fingerprint density at radius 1 is 0.857 bits per heavy atom. The molecular formula is C21H46NO5S+. The molecule has 0 aromatic carbocycles. The molecule has 0 rings (SSSR count). The third-order valence-corrected chi connectivity index (χ3v) is 6.01. The second-order valence-corrected chi connectivity index (χ2v) is 10.2. The lowest BCUT2D eigenvalue weighted by molar-refractivity contribution is -0.940. The van der Waals surface area contributed by atoms with E-state index >= 15 is 0 Å². The van der Waals surface area contributed by atoms with E-state index < -0.39 is 22.0 Å². The van der Waals surface area contributed by atoms with E-state index in [4.69, 9.17) is 9.29 Å². The van der Waals surface area contributed by atoms with Crippen LogP contribution in [0, 0.1) is 0 Å². The van der Waals surface area contributed by atoms with E-state index in [1.165, 1.54) is 57.8 Å². The number of aliphatic hydroxyl groups is 1. The van der Waals surface area contributed by atoms with Crippen molar-refractivity contribution < 1.29 is 27.3 Å². The van der Waals surface area contributed by atoms with Gasteiger partial charge in [-0.1, -0.05) is 71.6 Å². The second kappa shape index (κ2) is 15.6. The first-order valence-corrected chi connectivity index (χ1v) is 12.8. The van der Waals surface area contributed by atoms with Crippen LogP contribution in [-0.4, -0.2) is 67.9 Å². The van der Waals surface area contributed by atoms with Crippen molar-refractivity contribution in [3.05, 3.63) is 0 Å². The fourth-order valence-electron chi connectivity index (χ4n) is 3.65. The zero-order valence-corrected chi connectivity index (χ0v) is 19.6. The Morgan fingerprint density at radius 2 is 1.36 bits per heavy atom. The number of unbranched alkanes of at least 4 members (excludes halogenated alkanes) is 9. The summed E-state index contributed by atoms with van der Waals surface area (Å²) in [7, 11) is -0.300. The monoisotopic (exact) mass is 424 g/mol. The van der Waals surface area contributed by atoms with Gasteiger partial charge in [-0.3, -0.25) is 4.55 Å². The number of quaternary nitrogens is 1. The summed E-state index contributed by atoms with van der Waals surface area (Å²) in [4.78, 5) is 0. The first-order valence-electron chi connectivity index (χ1n) is 11.2. The average molecular weight is 425 g/mol. The molecule has 2 unspecified atom stereocenters. The predicted octanol–water partition coefficient (Wildman–Crippen LogP) is 4.38. The normalized spacial score (nSPS) is 14.9. The summed E-state index contributed by atoms with van der Waals surface area (Å²) in [6.07, 6.45) is 13.5. The van der Waals surface area contributed by atoms with Gasteiger partial charge >= 0.3 is 0 Å². The molecule has 0 amide bonds. The van der Waals surface area contributed by atoms with Crippen molar-refractivity contribution in [1.29, 1.82) is 0 Å². The molecule has 0 spiro atoms. The van der Waals surface area contributed by atoms with Crippen LogP contribution in [0.15, 0.2) is 0 Å². The first kappa shape index (κ1) is 27.8. The van der Waals surface area contributed by atoms with Crippen LogP contribution in [0.3, 0.4) is 0 Å². The molecule has 0 saturated carbocycles. The van der Waals surface area contributed by atoms with Gasteiger partial charge in [0.1, 0.15) is 18.4 Å². The van der Waals surface area contributed by atoms with Gasteiger partial charge in [-0.2, -0.15) is 8.42 Å². The number of likely N-dealkylation sites (N-methyl/N-ethyl adjacent to an activating group) is 1. The Hall–Kier alpha value is -0.210. The van der Waals surface area contributed by atoms with Gasteiger partial charge in [0.15, 0.2) is 6.23 Å². The van der Waals surface area contributed by atoms with Crippen molar-refractivity contribution in [1.82, 2.24) is 0 Å². The van der Waals surface area contributed by atoms with E-state index in [9.17, 15) is 13.5 Å². The van der Waals surface area contributed by atoms with Gasteiger partial charge in [-0.15, -0.1) is 0 Å². The molecule has 0 aromatic heterocycles. The van der Waals surface area contributed by atoms with Crippen LogP contribution in [0.5, 0.6) is 0 Å². The van der Waals surface area contributed by atoms with Gasteiger partial charge in [-0.05, 0) is 12.8 Å². The molecule has 6 nitrogen and oxygen atoms in total. The molecule has 0 aromatic rings. The Balaban J connectivity index is 4.06. The lowest BCUT2D eigenvalue weighted by Crippen LogP contribution is -2.54. The molecule has 0 radical (unpaired) electrons. The highest BCUT2D eigenvalue weighted by Crippen LogP contribution is 2.17. The lowest BCUT2D eigenvalue weighted by atomic mass is 10.1. The smallest absolute Gasteiger partial charge is 0.267 e. The minimum absolute atomic E-state index is 0.0837. The molecule has 0 saturated heterocycles. The molecule has 2 atom stereocenters. The molecule has 0 aliphatic carbocycles. The van der Waals surface area contributed by atoms with Crippen LogP contribution in [0.4, 0.5) is 0 Å². The maximum atomic E-state index is 11.0. The summed E-state index contributed by atoms with van der Waals surface area (Å²) in [6, 6.07) is 0. The fourth-order valence-corrected chi connectivity index (χ4v) is 4.24. The molecule has 170 valence electrons. The highest BCUT2D eigenvalue weighted by molar-refractivity contribution is 7.85. The van der Waals surface area contributed by atoms with Crippen LogP contribution < -0.4 is 0 Å². The van der Waals surface area contributed by atoms with Gasteiger partial charge in [-0.25, -0.2) is 0 Å². The number of nitrogens with zero attached hydrogens (tertiary/aromatic N) is 1. The predicted molar refractivity (Wildman–Crippen MR) is 116 cm³/mol. The van der Waals surface area contributed by atoms with Gasteiger partial charge in [0.25, 0.3) is 10.1 Å². The minimum Gasteiger partial charge on any atom is -0.386 e. The SMILES string of the molecule is CCCCCCCCCCCCOC(CCC)[N+](C)(C)CC(O)CS(=O)(=O)O. The van der Waals surface area contributed by atoms with Crippen molar-refractivity contribution in [2.45, 2.75) is 103 Å². The van der Waals surface area contributed by atoms with Crippen LogP contribution in [0.1, 0.15) is 90.9 Å². The van der Waals surface area contributed by atoms with Gasteiger partial charge in [0.05, 0.1) is 20.7 Å². The van der Waals surface area contributed by atoms with E-state index in [0.29, 0.717) is 11.1 Å². The molecule has 0 fully saturated rings. The molecule has 0 heterocycles. The number of rotatable bonds is 19. The fraction of sp³-hybridized carbons (Fsp3) is 1.00. The molecule has 7 heteroatoms. The average Bonchev–Trinajstić information content (AvgIpc) is 2.56. The van der Waals surface area contributed by atoms with Gasteiger partial charge in [0, 0.05) is 6.42 Å². The van der Waals surface area contributed by atoms with Gasteiger partial charge < -0.3 is 14.3 Å². The van der Waals surface area contributed by atoms with E-state index in [1.807, 2.05) is 14.1 Å². The van der Waals surface area contributed by atoms with Crippen LogP contribution >= 0.6 is 0 Å². The maximum Gasteiger partial charge on any atom is 0.267 e. The van der Waals surface area contributed by atoms with Gasteiger partial charge in [0.2, 0.25) is 0 Å². The van der Waals surface area contributed by atoms with Crippen molar-refractivity contribution in [3.63, 3.8) is 0 Å². The van der Waals surface area contributed by atoms with E-state index in [1.54, 1.807) is 0 Å². The van der Waals surface area contributed by atoms with Crippen molar-refractivity contribution in [2.75, 3.05) is 33.0 Å². The van der Waals surface area contributed by atoms with Crippen molar-refractivity contribution in [2.24, 2.45) is 0 Å². The van der Waals surface area contributed by atoms with Crippen molar-refractivity contribution in [3.8, 4) is 0 Å². The second-order valence-electron chi connectivity index (χ2n) is 8.66. The van der Waals surface area contributed by atoms with E-state index in [2.05, 4.69) is 13.8 Å². The Kier molecular flexibility index (Phi) is 15.5. The third kappa shape index (κ3) is 15.7. The summed E-state index contributed by atoms with van der Waals surface area (Å²) in [5.74, 6) is -0.633. The molecule has 0 aliphatic rings. The molecule has 28 heavy (non-hydrogen) atoms. The Morgan fingerprint density at radius 3 is 1.82 bits per heavy atom. The summed E-state index contributed by atoms with van der Waals surface area (Å²) in [5.41, 5.74) is 0. The summed E-state index contributed by atoms with van der Waals surface area (Å²) in [5, 5.41) is 9.99. The Labute approximate surface area is 174 Å². The molecule has 0 aliphatic heterocycles. The number of ether oxygens (including phenoxy) is 1. The Bertz CT molecular complexity index is 467. The quantitative estimate of drug-likeness (QED) is 0.139. The molecule has 0 bridgehead atoms. The van der Waals surface area contributed by atoms with Crippen molar-refractivity contribution >= 4 is 10.1 Å². The first-order chi connectivity index (χ1) is 13.1. The highest BCUT2D eigenvalue weighted by atomic mass is 32.2. The van der Waals surface area contributed by atoms with Crippen LogP contribution in [0.2, 0.25) is 0 Å². The third-order valence-electron chi connectivity index (χ3n) is 5.21. The van der Waals surface area contributed by atoms with E-state index in [-0.39, 0.29) is 12.8 Å². The summed E-state index contributed by atoms with van der Waals surface area (Å²) >= 11 is 0. The number of aliphatic hydroxyl groups excluding tert-OH is 1. The number of hydrogen-bond donors (Lipinski definition) is 2. The largest absolute Gasteiger partial charge is 0.386 e. The minimum atomic E-state index is -4.17. The zero-order valence-electron chi connectivity index (χ0n) is 18.7. The maximum absolute atomic E-state index is 11.0. The lowest BCUT2D eigenvalue weighted by Gasteiger charge is -2.38. The molecular weight excluding hydrogens is 378 g/mol. The standard InChI is InChI=1S/C21H45NO5S/c1-5-7-8-9-10-11-12-13-14-15-17-27-21(16-6-2)22(3,4)18-20(23)19-28(24,25)26/h20-21,23H,5-19H2,1-4H3/p+1. The molecule has 2 N–H and O–H groups in total. The van der Waals surface area contributed by atoms with Crippen LogP contribution in [-0.2, 0) is 14.9 Å². The summed E-state index contributed by atoms with van der Waals surface area (Å²) < 4.78 is 37.3. The van der Waals surface area contributed by atoms with Crippen LogP contribution in [0.25, 0.3) is 0 Å².